The molecule has 0 aromatic rings. The van der Waals surface area contributed by atoms with Gasteiger partial charge in [-0.15, -0.1) is 0 Å². The van der Waals surface area contributed by atoms with Crippen LogP contribution < -0.4 is 5.32 Å². The lowest BCUT2D eigenvalue weighted by Crippen LogP contribution is -2.45. The van der Waals surface area contributed by atoms with Gasteiger partial charge in [0.05, 0.1) is 0 Å². The molecule has 1 fully saturated rings. The fourth-order valence-electron chi connectivity index (χ4n) is 2.00. The lowest BCUT2D eigenvalue weighted by Gasteiger charge is -2.31. The maximum Gasteiger partial charge on any atom is 0.317 e. The van der Waals surface area contributed by atoms with Gasteiger partial charge in [-0.1, -0.05) is 19.8 Å². The van der Waals surface area contributed by atoms with Crippen molar-refractivity contribution in [2.75, 3.05) is 26.2 Å². The fraction of sp³-hybridized carbons (Fsp3) is 0.917. The molecule has 1 heterocycles. The first kappa shape index (κ1) is 13.3. The molecule has 94 valence electrons. The number of likely N-dealkylation sites (tertiary alicyclic amines) is 1. The highest BCUT2D eigenvalue weighted by Gasteiger charge is 2.21. The standard InChI is InChI=1S/C12H24N2O2/c1-2-3-4-7-13-12(16)14-8-5-11(10-15)6-9-14/h11,15H,2-10H2,1H3,(H,13,16). The molecule has 4 heteroatoms. The molecule has 0 aliphatic carbocycles. The molecule has 0 unspecified atom stereocenters. The van der Waals surface area contributed by atoms with Crippen molar-refractivity contribution in [3.63, 3.8) is 0 Å². The van der Waals surface area contributed by atoms with Crippen molar-refractivity contribution >= 4 is 6.03 Å². The maximum atomic E-state index is 11.7. The van der Waals surface area contributed by atoms with Gasteiger partial charge in [0, 0.05) is 26.2 Å². The number of carbonyl (C=O) groups excluding carboxylic acids is 1. The Hall–Kier alpha value is -0.770. The molecule has 0 radical (unpaired) electrons. The topological polar surface area (TPSA) is 52.6 Å². The van der Waals surface area contributed by atoms with E-state index in [4.69, 9.17) is 5.11 Å². The van der Waals surface area contributed by atoms with Gasteiger partial charge in [0.2, 0.25) is 0 Å². The van der Waals surface area contributed by atoms with Crippen LogP contribution in [0.1, 0.15) is 39.0 Å². The SMILES string of the molecule is CCCCCNC(=O)N1CCC(CO)CC1. The summed E-state index contributed by atoms with van der Waals surface area (Å²) in [5, 5.41) is 11.9. The Labute approximate surface area is 98.0 Å². The lowest BCUT2D eigenvalue weighted by atomic mass is 9.98. The number of unbranched alkanes of at least 4 members (excludes halogenated alkanes) is 2. The third-order valence-corrected chi connectivity index (χ3v) is 3.22. The van der Waals surface area contributed by atoms with Crippen molar-refractivity contribution in [2.45, 2.75) is 39.0 Å². The number of nitrogens with one attached hydrogen (secondary N) is 1. The molecule has 2 amide bonds. The Bertz CT molecular complexity index is 201. The number of hydrogen-bond donors (Lipinski definition) is 2. The van der Waals surface area contributed by atoms with Crippen LogP contribution in [-0.2, 0) is 0 Å². The van der Waals surface area contributed by atoms with E-state index in [9.17, 15) is 4.79 Å². The minimum atomic E-state index is 0.0625. The van der Waals surface area contributed by atoms with Gasteiger partial charge in [-0.3, -0.25) is 0 Å². The predicted molar refractivity (Wildman–Crippen MR) is 64.3 cm³/mol. The zero-order valence-corrected chi connectivity index (χ0v) is 10.2. The number of carbonyl (C=O) groups is 1. The van der Waals surface area contributed by atoms with Crippen molar-refractivity contribution in [1.29, 1.82) is 0 Å². The number of amides is 2. The Balaban J connectivity index is 2.13. The minimum absolute atomic E-state index is 0.0625. The maximum absolute atomic E-state index is 11.7. The van der Waals surface area contributed by atoms with Gasteiger partial charge in [-0.25, -0.2) is 4.79 Å². The minimum Gasteiger partial charge on any atom is -0.396 e. The van der Waals surface area contributed by atoms with Crippen LogP contribution in [0.4, 0.5) is 4.79 Å². The summed E-state index contributed by atoms with van der Waals surface area (Å²) < 4.78 is 0. The smallest absolute Gasteiger partial charge is 0.317 e. The van der Waals surface area contributed by atoms with Gasteiger partial charge in [-0.2, -0.15) is 0 Å². The number of rotatable bonds is 5. The molecule has 1 aliphatic rings. The number of hydrogen-bond acceptors (Lipinski definition) is 2. The van der Waals surface area contributed by atoms with E-state index in [1.165, 1.54) is 12.8 Å². The van der Waals surface area contributed by atoms with Gasteiger partial charge in [0.15, 0.2) is 0 Å². The molecule has 0 spiro atoms. The summed E-state index contributed by atoms with van der Waals surface area (Å²) in [7, 11) is 0. The van der Waals surface area contributed by atoms with E-state index < -0.39 is 0 Å². The molecule has 0 aromatic heterocycles. The molecule has 0 bridgehead atoms. The van der Waals surface area contributed by atoms with Crippen LogP contribution in [0, 0.1) is 5.92 Å². The first-order valence-corrected chi connectivity index (χ1v) is 6.41. The normalized spacial score (nSPS) is 17.5. The van der Waals surface area contributed by atoms with Crippen LogP contribution >= 0.6 is 0 Å². The Morgan fingerprint density at radius 2 is 2.06 bits per heavy atom. The number of urea groups is 1. The second-order valence-electron chi connectivity index (χ2n) is 4.55. The van der Waals surface area contributed by atoms with Gasteiger partial charge in [0.1, 0.15) is 0 Å². The Kier molecular flexibility index (Phi) is 6.23. The molecule has 1 aliphatic heterocycles. The van der Waals surface area contributed by atoms with Crippen LogP contribution in [0.2, 0.25) is 0 Å². The van der Waals surface area contributed by atoms with Crippen LogP contribution in [-0.4, -0.2) is 42.3 Å². The molecule has 0 aromatic carbocycles. The van der Waals surface area contributed by atoms with Crippen LogP contribution in [0.5, 0.6) is 0 Å². The second-order valence-corrected chi connectivity index (χ2v) is 4.55. The third kappa shape index (κ3) is 4.39. The number of aliphatic hydroxyl groups excluding tert-OH is 1. The highest BCUT2D eigenvalue weighted by Crippen LogP contribution is 2.16. The number of piperidine rings is 1. The highest BCUT2D eigenvalue weighted by molar-refractivity contribution is 5.74. The van der Waals surface area contributed by atoms with Crippen LogP contribution in [0.3, 0.4) is 0 Å². The quantitative estimate of drug-likeness (QED) is 0.702. The second kappa shape index (κ2) is 7.49. The average Bonchev–Trinajstić information content (AvgIpc) is 2.34. The summed E-state index contributed by atoms with van der Waals surface area (Å²) in [6, 6.07) is 0.0625. The molecule has 2 N–H and O–H groups in total. The number of nitrogens with zero attached hydrogens (tertiary/aromatic N) is 1. The van der Waals surface area contributed by atoms with E-state index in [1.807, 2.05) is 4.90 Å². The van der Waals surface area contributed by atoms with Crippen molar-refractivity contribution in [2.24, 2.45) is 5.92 Å². The van der Waals surface area contributed by atoms with E-state index in [0.717, 1.165) is 38.9 Å². The van der Waals surface area contributed by atoms with Crippen molar-refractivity contribution in [1.82, 2.24) is 10.2 Å². The van der Waals surface area contributed by atoms with E-state index in [-0.39, 0.29) is 12.6 Å². The molecule has 0 atom stereocenters. The average molecular weight is 228 g/mol. The summed E-state index contributed by atoms with van der Waals surface area (Å²) in [5.41, 5.74) is 0. The zero-order chi connectivity index (χ0) is 11.8. The van der Waals surface area contributed by atoms with Crippen LogP contribution in [0.25, 0.3) is 0 Å². The Morgan fingerprint density at radius 3 is 2.62 bits per heavy atom. The van der Waals surface area contributed by atoms with Crippen molar-refractivity contribution in [3.05, 3.63) is 0 Å². The first-order valence-electron chi connectivity index (χ1n) is 6.41. The van der Waals surface area contributed by atoms with Crippen molar-refractivity contribution in [3.8, 4) is 0 Å². The van der Waals surface area contributed by atoms with E-state index >= 15 is 0 Å². The summed E-state index contributed by atoms with van der Waals surface area (Å²) >= 11 is 0. The van der Waals surface area contributed by atoms with Gasteiger partial charge < -0.3 is 15.3 Å². The zero-order valence-electron chi connectivity index (χ0n) is 10.2. The summed E-state index contributed by atoms with van der Waals surface area (Å²) in [4.78, 5) is 13.6. The van der Waals surface area contributed by atoms with E-state index in [1.54, 1.807) is 0 Å². The molecule has 4 nitrogen and oxygen atoms in total. The monoisotopic (exact) mass is 228 g/mol. The fourth-order valence-corrected chi connectivity index (χ4v) is 2.00. The van der Waals surface area contributed by atoms with Gasteiger partial charge in [0.25, 0.3) is 0 Å². The largest absolute Gasteiger partial charge is 0.396 e. The van der Waals surface area contributed by atoms with Gasteiger partial charge >= 0.3 is 6.03 Å². The summed E-state index contributed by atoms with van der Waals surface area (Å²) in [5.74, 6) is 0.393. The van der Waals surface area contributed by atoms with Crippen LogP contribution in [0.15, 0.2) is 0 Å². The molecular weight excluding hydrogens is 204 g/mol. The number of aliphatic hydroxyl groups is 1. The van der Waals surface area contributed by atoms with Crippen molar-refractivity contribution < 1.29 is 9.90 Å². The molecule has 16 heavy (non-hydrogen) atoms. The lowest BCUT2D eigenvalue weighted by molar-refractivity contribution is 0.137. The molecular formula is C12H24N2O2. The summed E-state index contributed by atoms with van der Waals surface area (Å²) in [6.07, 6.45) is 5.28. The van der Waals surface area contributed by atoms with Gasteiger partial charge in [-0.05, 0) is 25.2 Å². The molecule has 1 saturated heterocycles. The predicted octanol–water partition coefficient (Wildman–Crippen LogP) is 1.59. The third-order valence-electron chi connectivity index (χ3n) is 3.22. The van der Waals surface area contributed by atoms with E-state index in [0.29, 0.717) is 5.92 Å². The first-order chi connectivity index (χ1) is 7.77. The van der Waals surface area contributed by atoms with E-state index in [2.05, 4.69) is 12.2 Å². The molecule has 1 rings (SSSR count). The Morgan fingerprint density at radius 1 is 1.38 bits per heavy atom. The molecule has 0 saturated carbocycles. The summed E-state index contributed by atoms with van der Waals surface area (Å²) in [6.45, 7) is 4.76. The highest BCUT2D eigenvalue weighted by atomic mass is 16.3.